The highest BCUT2D eigenvalue weighted by Gasteiger charge is 2.31. The van der Waals surface area contributed by atoms with Gasteiger partial charge in [-0.1, -0.05) is 43.6 Å². The van der Waals surface area contributed by atoms with Gasteiger partial charge in [0.15, 0.2) is 17.3 Å². The Kier molecular flexibility index (Phi) is 6.80. The van der Waals surface area contributed by atoms with Gasteiger partial charge in [0.05, 0.1) is 17.8 Å². The van der Waals surface area contributed by atoms with E-state index in [0.717, 1.165) is 16.7 Å². The molecule has 0 saturated carbocycles. The van der Waals surface area contributed by atoms with E-state index in [1.54, 1.807) is 17.0 Å². The molecule has 39 heavy (non-hydrogen) atoms. The largest absolute Gasteiger partial charge is 0.467 e. The molecule has 3 aromatic heterocycles. The van der Waals surface area contributed by atoms with Crippen LogP contribution in [0.1, 0.15) is 42.6 Å². The molecule has 6 rings (SSSR count). The fourth-order valence-electron chi connectivity index (χ4n) is 5.04. The topological polar surface area (TPSA) is 111 Å². The summed E-state index contributed by atoms with van der Waals surface area (Å²) in [4.78, 5) is 18.5. The molecule has 1 aliphatic rings. The third-order valence-electron chi connectivity index (χ3n) is 6.85. The summed E-state index contributed by atoms with van der Waals surface area (Å²) in [5, 5.41) is 14.2. The zero-order chi connectivity index (χ0) is 26.9. The van der Waals surface area contributed by atoms with E-state index >= 15 is 0 Å². The van der Waals surface area contributed by atoms with Gasteiger partial charge in [0, 0.05) is 35.1 Å². The summed E-state index contributed by atoms with van der Waals surface area (Å²) in [6, 6.07) is 16.8. The monoisotopic (exact) mass is 546 g/mol. The van der Waals surface area contributed by atoms with Crippen molar-refractivity contribution in [2.24, 2.45) is 5.92 Å². The van der Waals surface area contributed by atoms with Crippen molar-refractivity contribution in [2.75, 3.05) is 6.79 Å². The van der Waals surface area contributed by atoms with Crippen LogP contribution in [0, 0.1) is 5.92 Å². The lowest BCUT2D eigenvalue weighted by Crippen LogP contribution is -2.35. The van der Waals surface area contributed by atoms with Crippen molar-refractivity contribution in [3.63, 3.8) is 0 Å². The van der Waals surface area contributed by atoms with Crippen LogP contribution in [0.3, 0.4) is 0 Å². The number of furan rings is 1. The zero-order valence-corrected chi connectivity index (χ0v) is 22.3. The quantitative estimate of drug-likeness (QED) is 0.277. The summed E-state index contributed by atoms with van der Waals surface area (Å²) in [6.45, 7) is 5.60. The number of pyridine rings is 1. The van der Waals surface area contributed by atoms with Gasteiger partial charge >= 0.3 is 0 Å². The van der Waals surface area contributed by atoms with E-state index in [1.165, 1.54) is 0 Å². The first kappa shape index (κ1) is 25.1. The highest BCUT2D eigenvalue weighted by atomic mass is 35.5. The molecule has 1 atom stereocenters. The van der Waals surface area contributed by atoms with Crippen molar-refractivity contribution >= 4 is 22.5 Å². The molecule has 5 aromatic rings. The molecule has 11 heteroatoms. The van der Waals surface area contributed by atoms with Crippen molar-refractivity contribution in [3.05, 3.63) is 98.9 Å². The van der Waals surface area contributed by atoms with E-state index in [2.05, 4.69) is 39.3 Å². The molecule has 0 fully saturated rings. The molecule has 2 aromatic carbocycles. The second-order valence-corrected chi connectivity index (χ2v) is 10.3. The van der Waals surface area contributed by atoms with Crippen LogP contribution < -0.4 is 15.0 Å². The number of ether oxygens (including phenoxy) is 2. The van der Waals surface area contributed by atoms with Gasteiger partial charge < -0.3 is 18.9 Å². The van der Waals surface area contributed by atoms with Gasteiger partial charge in [-0.25, -0.2) is 4.68 Å². The molecule has 0 saturated heterocycles. The number of hydrogen-bond acceptors (Lipinski definition) is 8. The first-order valence-corrected chi connectivity index (χ1v) is 13.1. The summed E-state index contributed by atoms with van der Waals surface area (Å²) < 4.78 is 18.3. The zero-order valence-electron chi connectivity index (χ0n) is 21.5. The van der Waals surface area contributed by atoms with E-state index in [0.29, 0.717) is 53.1 Å². The Morgan fingerprint density at radius 1 is 1.05 bits per heavy atom. The Morgan fingerprint density at radius 2 is 1.85 bits per heavy atom. The van der Waals surface area contributed by atoms with Crippen LogP contribution in [0.15, 0.2) is 70.1 Å². The first-order valence-electron chi connectivity index (χ1n) is 12.7. The van der Waals surface area contributed by atoms with Crippen LogP contribution >= 0.6 is 11.6 Å². The van der Waals surface area contributed by atoms with Gasteiger partial charge in [0.25, 0.3) is 5.56 Å². The lowest BCUT2D eigenvalue weighted by molar-refractivity contribution is 0.126. The van der Waals surface area contributed by atoms with Gasteiger partial charge in [-0.05, 0) is 52.2 Å². The summed E-state index contributed by atoms with van der Waals surface area (Å²) >= 11 is 6.59. The molecule has 0 bridgehead atoms. The molecule has 200 valence electrons. The summed E-state index contributed by atoms with van der Waals surface area (Å²) in [5.41, 5.74) is 2.05. The third-order valence-corrected chi connectivity index (χ3v) is 7.22. The number of nitrogens with one attached hydrogen (secondary N) is 1. The standard InChI is InChI=1S/C28H27ClN6O4/c1-17(2)26(27-31-32-33-35(27)15-21-7-5-9-37-21)34(13-18-6-3-4-8-22(18)29)14-20-10-19-11-24-25(39-16-38-24)12-23(19)30-28(20)36/h3-12,17,26H,13-16H2,1-2H3,(H,30,36). The molecule has 4 heterocycles. The smallest absolute Gasteiger partial charge is 0.252 e. The maximum absolute atomic E-state index is 13.3. The number of fused-ring (bicyclic) bond motifs is 2. The number of aromatic amines is 1. The van der Waals surface area contributed by atoms with Crippen molar-refractivity contribution in [2.45, 2.75) is 39.5 Å². The predicted octanol–water partition coefficient (Wildman–Crippen LogP) is 4.94. The molecule has 0 spiro atoms. The molecular formula is C28H27ClN6O4. The van der Waals surface area contributed by atoms with E-state index in [4.69, 9.17) is 25.5 Å². The molecule has 1 aliphatic heterocycles. The SMILES string of the molecule is CC(C)C(c1nnnn1Cc1ccco1)N(Cc1ccccc1Cl)Cc1cc2cc3c(cc2[nH]c1=O)OCO3. The van der Waals surface area contributed by atoms with Crippen LogP contribution in [0.5, 0.6) is 11.5 Å². The van der Waals surface area contributed by atoms with E-state index in [1.807, 2.05) is 48.5 Å². The van der Waals surface area contributed by atoms with Crippen molar-refractivity contribution in [3.8, 4) is 11.5 Å². The average molecular weight is 547 g/mol. The summed E-state index contributed by atoms with van der Waals surface area (Å²) in [6.07, 6.45) is 1.63. The maximum atomic E-state index is 13.3. The number of nitrogens with zero attached hydrogens (tertiary/aromatic N) is 5. The number of aromatic nitrogens is 5. The molecule has 10 nitrogen and oxygen atoms in total. The van der Waals surface area contributed by atoms with Crippen LogP contribution in [0.25, 0.3) is 10.9 Å². The Balaban J connectivity index is 1.41. The number of H-pyrrole nitrogens is 1. The van der Waals surface area contributed by atoms with Crippen LogP contribution in [-0.4, -0.2) is 36.9 Å². The number of halogens is 1. The normalized spacial score (nSPS) is 13.6. The molecule has 0 aliphatic carbocycles. The van der Waals surface area contributed by atoms with Crippen LogP contribution in [0.2, 0.25) is 5.02 Å². The number of hydrogen-bond donors (Lipinski definition) is 1. The van der Waals surface area contributed by atoms with Gasteiger partial charge in [-0.2, -0.15) is 0 Å². The molecule has 0 amide bonds. The number of benzene rings is 2. The van der Waals surface area contributed by atoms with Crippen molar-refractivity contribution in [1.82, 2.24) is 30.1 Å². The predicted molar refractivity (Wildman–Crippen MR) is 145 cm³/mol. The number of rotatable bonds is 9. The lowest BCUT2D eigenvalue weighted by Gasteiger charge is -2.33. The fraction of sp³-hybridized carbons (Fsp3) is 0.286. The molecule has 1 unspecified atom stereocenters. The molecule has 1 N–H and O–H groups in total. The third kappa shape index (κ3) is 5.13. The second kappa shape index (κ2) is 10.5. The van der Waals surface area contributed by atoms with E-state index < -0.39 is 0 Å². The lowest BCUT2D eigenvalue weighted by atomic mass is 9.99. The highest BCUT2D eigenvalue weighted by molar-refractivity contribution is 6.31. The fourth-order valence-corrected chi connectivity index (χ4v) is 5.24. The Hall–Kier alpha value is -4.15. The van der Waals surface area contributed by atoms with E-state index in [9.17, 15) is 4.79 Å². The van der Waals surface area contributed by atoms with Gasteiger partial charge in [-0.15, -0.1) is 5.10 Å². The van der Waals surface area contributed by atoms with Crippen molar-refractivity contribution in [1.29, 1.82) is 0 Å². The Labute approximate surface area is 229 Å². The minimum absolute atomic E-state index is 0.0993. The summed E-state index contributed by atoms with van der Waals surface area (Å²) in [7, 11) is 0. The van der Waals surface area contributed by atoms with Gasteiger partial charge in [0.1, 0.15) is 12.3 Å². The van der Waals surface area contributed by atoms with Gasteiger partial charge in [-0.3, -0.25) is 9.69 Å². The Morgan fingerprint density at radius 3 is 2.62 bits per heavy atom. The second-order valence-electron chi connectivity index (χ2n) is 9.88. The van der Waals surface area contributed by atoms with Crippen molar-refractivity contribution < 1.29 is 13.9 Å². The van der Waals surface area contributed by atoms with E-state index in [-0.39, 0.29) is 24.3 Å². The minimum atomic E-state index is -0.238. The van der Waals surface area contributed by atoms with Crippen LogP contribution in [0.4, 0.5) is 0 Å². The molecular weight excluding hydrogens is 520 g/mol. The Bertz CT molecular complexity index is 1660. The minimum Gasteiger partial charge on any atom is -0.467 e. The maximum Gasteiger partial charge on any atom is 0.252 e. The van der Waals surface area contributed by atoms with Gasteiger partial charge in [0.2, 0.25) is 6.79 Å². The highest BCUT2D eigenvalue weighted by Crippen LogP contribution is 2.36. The average Bonchev–Trinajstić information content (AvgIpc) is 3.68. The summed E-state index contributed by atoms with van der Waals surface area (Å²) in [5.74, 6) is 2.80. The van der Waals surface area contributed by atoms with Crippen LogP contribution in [-0.2, 0) is 19.6 Å². The molecule has 0 radical (unpaired) electrons. The first-order chi connectivity index (χ1) is 19.0. The number of tetrazole rings is 1.